The van der Waals surface area contributed by atoms with Gasteiger partial charge in [-0.15, -0.1) is 13.2 Å². The lowest BCUT2D eigenvalue weighted by Gasteiger charge is -2.14. The summed E-state index contributed by atoms with van der Waals surface area (Å²) in [6.45, 7) is -0.289. The monoisotopic (exact) mass is 249 g/mol. The summed E-state index contributed by atoms with van der Waals surface area (Å²) in [5.41, 5.74) is 4.91. The lowest BCUT2D eigenvalue weighted by Crippen LogP contribution is -2.19. The quantitative estimate of drug-likeness (QED) is 0.653. The number of alkyl halides is 3. The number of nitrogens with two attached hydrogens (primary N) is 1. The molecule has 1 aromatic rings. The number of ether oxygens (including phenoxy) is 1. The van der Waals surface area contributed by atoms with E-state index in [9.17, 15) is 17.6 Å². The first kappa shape index (κ1) is 13.2. The molecule has 8 heteroatoms. The van der Waals surface area contributed by atoms with Gasteiger partial charge in [0.05, 0.1) is 18.2 Å². The van der Waals surface area contributed by atoms with Gasteiger partial charge >= 0.3 is 6.36 Å². The van der Waals surface area contributed by atoms with E-state index in [1.807, 2.05) is 0 Å². The summed E-state index contributed by atoms with van der Waals surface area (Å²) in [7, 11) is 0. The van der Waals surface area contributed by atoms with Crippen molar-refractivity contribution in [2.75, 3.05) is 0 Å². The molecule has 92 valence electrons. The summed E-state index contributed by atoms with van der Waals surface area (Å²) in [6, 6.07) is 2.11. The molecule has 1 heterocycles. The zero-order chi connectivity index (χ0) is 13.1. The van der Waals surface area contributed by atoms with Crippen LogP contribution in [-0.4, -0.2) is 11.3 Å². The maximum Gasteiger partial charge on any atom is 0.573 e. The van der Waals surface area contributed by atoms with E-state index in [0.29, 0.717) is 6.07 Å². The van der Waals surface area contributed by atoms with E-state index in [2.05, 4.69) is 9.72 Å². The van der Waals surface area contributed by atoms with Gasteiger partial charge in [0.15, 0.2) is 0 Å². The molecule has 0 unspecified atom stereocenters. The SMILES string of the molecule is N#CCc1c(OC(F)(F)F)cc(F)nc1CN. The number of aromatic nitrogens is 1. The van der Waals surface area contributed by atoms with Gasteiger partial charge in [0.1, 0.15) is 5.75 Å². The fourth-order valence-electron chi connectivity index (χ4n) is 1.22. The smallest absolute Gasteiger partial charge is 0.405 e. The van der Waals surface area contributed by atoms with Crippen molar-refractivity contribution in [3.63, 3.8) is 0 Å². The Bertz CT molecular complexity index is 453. The summed E-state index contributed by atoms with van der Waals surface area (Å²) < 4.78 is 52.7. The molecule has 0 radical (unpaired) electrons. The Hall–Kier alpha value is -1.88. The van der Waals surface area contributed by atoms with Crippen LogP contribution in [0.15, 0.2) is 6.07 Å². The van der Waals surface area contributed by atoms with E-state index in [1.54, 1.807) is 6.07 Å². The highest BCUT2D eigenvalue weighted by molar-refractivity contribution is 5.38. The normalized spacial score (nSPS) is 11.1. The lowest BCUT2D eigenvalue weighted by atomic mass is 10.1. The summed E-state index contributed by atoms with van der Waals surface area (Å²) in [6.07, 6.45) is -5.37. The third kappa shape index (κ3) is 3.57. The van der Waals surface area contributed by atoms with Crippen LogP contribution < -0.4 is 10.5 Å². The molecule has 1 rings (SSSR count). The van der Waals surface area contributed by atoms with Gasteiger partial charge in [-0.3, -0.25) is 0 Å². The van der Waals surface area contributed by atoms with Crippen LogP contribution in [0.25, 0.3) is 0 Å². The van der Waals surface area contributed by atoms with Gasteiger partial charge in [-0.2, -0.15) is 9.65 Å². The fourth-order valence-corrected chi connectivity index (χ4v) is 1.22. The molecule has 0 spiro atoms. The Kier molecular flexibility index (Phi) is 3.85. The van der Waals surface area contributed by atoms with Gasteiger partial charge in [0.2, 0.25) is 5.95 Å². The minimum Gasteiger partial charge on any atom is -0.405 e. The van der Waals surface area contributed by atoms with Gasteiger partial charge in [-0.1, -0.05) is 0 Å². The molecule has 4 nitrogen and oxygen atoms in total. The Morgan fingerprint density at radius 2 is 2.12 bits per heavy atom. The zero-order valence-corrected chi connectivity index (χ0v) is 8.38. The summed E-state index contributed by atoms with van der Waals surface area (Å²) in [4.78, 5) is 3.31. The average Bonchev–Trinajstić information content (AvgIpc) is 2.19. The van der Waals surface area contributed by atoms with Gasteiger partial charge < -0.3 is 10.5 Å². The molecular weight excluding hydrogens is 242 g/mol. The highest BCUT2D eigenvalue weighted by Gasteiger charge is 2.33. The molecular formula is C9H7F4N3O. The third-order valence-corrected chi connectivity index (χ3v) is 1.81. The molecule has 0 saturated heterocycles. The van der Waals surface area contributed by atoms with Crippen molar-refractivity contribution >= 4 is 0 Å². The number of nitriles is 1. The molecule has 0 aliphatic rings. The minimum atomic E-state index is -4.97. The maximum atomic E-state index is 12.9. The third-order valence-electron chi connectivity index (χ3n) is 1.81. The second-order valence-corrected chi connectivity index (χ2v) is 2.96. The van der Waals surface area contributed by atoms with E-state index in [-0.39, 0.29) is 17.8 Å². The first-order valence-corrected chi connectivity index (χ1v) is 4.38. The fraction of sp³-hybridized carbons (Fsp3) is 0.333. The van der Waals surface area contributed by atoms with Crippen molar-refractivity contribution in [1.29, 1.82) is 5.26 Å². The van der Waals surface area contributed by atoms with Gasteiger partial charge in [0.25, 0.3) is 0 Å². The molecule has 0 aliphatic carbocycles. The van der Waals surface area contributed by atoms with Crippen LogP contribution in [0.5, 0.6) is 5.75 Å². The van der Waals surface area contributed by atoms with Crippen molar-refractivity contribution < 1.29 is 22.3 Å². The summed E-state index contributed by atoms with van der Waals surface area (Å²) >= 11 is 0. The molecule has 0 aromatic carbocycles. The van der Waals surface area contributed by atoms with Crippen molar-refractivity contribution in [1.82, 2.24) is 4.98 Å². The van der Waals surface area contributed by atoms with Crippen LogP contribution in [-0.2, 0) is 13.0 Å². The van der Waals surface area contributed by atoms with E-state index < -0.39 is 24.5 Å². The van der Waals surface area contributed by atoms with E-state index in [1.165, 1.54) is 0 Å². The van der Waals surface area contributed by atoms with Gasteiger partial charge in [-0.25, -0.2) is 4.98 Å². The molecule has 17 heavy (non-hydrogen) atoms. The Morgan fingerprint density at radius 3 is 2.59 bits per heavy atom. The molecule has 2 N–H and O–H groups in total. The van der Waals surface area contributed by atoms with Crippen molar-refractivity contribution in [3.8, 4) is 11.8 Å². The van der Waals surface area contributed by atoms with Crippen LogP contribution in [0, 0.1) is 17.3 Å². The number of hydrogen-bond acceptors (Lipinski definition) is 4. The van der Waals surface area contributed by atoms with Crippen molar-refractivity contribution in [3.05, 3.63) is 23.3 Å². The summed E-state index contributed by atoms with van der Waals surface area (Å²) in [5, 5.41) is 8.48. The van der Waals surface area contributed by atoms with Gasteiger partial charge in [-0.05, 0) is 0 Å². The standard InChI is InChI=1S/C9H7F4N3O/c10-8-3-7(17-9(11,12)13)5(1-2-14)6(4-15)16-8/h3H,1,4,15H2. The minimum absolute atomic E-state index is 0.134. The second-order valence-electron chi connectivity index (χ2n) is 2.96. The highest BCUT2D eigenvalue weighted by Crippen LogP contribution is 2.28. The first-order valence-electron chi connectivity index (χ1n) is 4.38. The zero-order valence-electron chi connectivity index (χ0n) is 8.38. The average molecular weight is 249 g/mol. The van der Waals surface area contributed by atoms with Crippen LogP contribution in [0.2, 0.25) is 0 Å². The van der Waals surface area contributed by atoms with Crippen LogP contribution in [0.3, 0.4) is 0 Å². The van der Waals surface area contributed by atoms with E-state index in [0.717, 1.165) is 0 Å². The number of rotatable bonds is 3. The highest BCUT2D eigenvalue weighted by atomic mass is 19.4. The van der Waals surface area contributed by atoms with Gasteiger partial charge in [0, 0.05) is 18.2 Å². The number of hydrogen-bond donors (Lipinski definition) is 1. The van der Waals surface area contributed by atoms with Crippen LogP contribution >= 0.6 is 0 Å². The molecule has 0 bridgehead atoms. The molecule has 0 aliphatic heterocycles. The first-order chi connectivity index (χ1) is 7.87. The predicted molar refractivity (Wildman–Crippen MR) is 48.1 cm³/mol. The molecule has 0 atom stereocenters. The van der Waals surface area contributed by atoms with Crippen LogP contribution in [0.1, 0.15) is 11.3 Å². The molecule has 0 saturated carbocycles. The maximum absolute atomic E-state index is 12.9. The Morgan fingerprint density at radius 1 is 1.47 bits per heavy atom. The number of halogens is 4. The Labute approximate surface area is 93.6 Å². The second kappa shape index (κ2) is 4.97. The number of pyridine rings is 1. The summed E-state index contributed by atoms with van der Waals surface area (Å²) in [5.74, 6) is -1.93. The predicted octanol–water partition coefficient (Wildman–Crippen LogP) is 1.64. The molecule has 0 fully saturated rings. The van der Waals surface area contributed by atoms with Crippen molar-refractivity contribution in [2.45, 2.75) is 19.3 Å². The lowest BCUT2D eigenvalue weighted by molar-refractivity contribution is -0.275. The van der Waals surface area contributed by atoms with Crippen molar-refractivity contribution in [2.24, 2.45) is 5.73 Å². The Balaban J connectivity index is 3.26. The van der Waals surface area contributed by atoms with Crippen LogP contribution in [0.4, 0.5) is 17.6 Å². The van der Waals surface area contributed by atoms with E-state index in [4.69, 9.17) is 11.0 Å². The largest absolute Gasteiger partial charge is 0.573 e. The molecule has 0 amide bonds. The molecule has 1 aromatic heterocycles. The van der Waals surface area contributed by atoms with E-state index >= 15 is 0 Å². The topological polar surface area (TPSA) is 71.9 Å². The number of nitrogens with zero attached hydrogens (tertiary/aromatic N) is 2.